The third-order valence-corrected chi connectivity index (χ3v) is 3.20. The van der Waals surface area contributed by atoms with Crippen LogP contribution in [-0.4, -0.2) is 33.6 Å². The monoisotopic (exact) mass is 301 g/mol. The van der Waals surface area contributed by atoms with E-state index in [1.165, 1.54) is 19.3 Å². The maximum Gasteiger partial charge on any atom is 0.337 e. The number of hydrogen-bond donors (Lipinski definition) is 2. The van der Waals surface area contributed by atoms with Crippen LogP contribution >= 0.6 is 0 Å². The molecule has 114 valence electrons. The van der Waals surface area contributed by atoms with Gasteiger partial charge in [-0.3, -0.25) is 14.6 Å². The largest absolute Gasteiger partial charge is 0.478 e. The Balaban J connectivity index is 2.46. The molecule has 0 spiro atoms. The highest BCUT2D eigenvalue weighted by Crippen LogP contribution is 2.12. The van der Waals surface area contributed by atoms with Gasteiger partial charge in [-0.2, -0.15) is 0 Å². The highest BCUT2D eigenvalue weighted by molar-refractivity contribution is 5.87. The van der Waals surface area contributed by atoms with E-state index >= 15 is 0 Å². The molecule has 1 amide bonds. The number of carbonyl (C=O) groups excluding carboxylic acids is 1. The Kier molecular flexibility index (Phi) is 4.67. The maximum absolute atomic E-state index is 12.1. The second-order valence-corrected chi connectivity index (χ2v) is 4.62. The summed E-state index contributed by atoms with van der Waals surface area (Å²) in [4.78, 5) is 39.3. The van der Waals surface area contributed by atoms with Gasteiger partial charge in [-0.05, 0) is 18.2 Å². The molecule has 2 N–H and O–H groups in total. The fourth-order valence-corrected chi connectivity index (χ4v) is 2.07. The molecule has 7 nitrogen and oxygen atoms in total. The van der Waals surface area contributed by atoms with Crippen LogP contribution in [0, 0.1) is 0 Å². The molecule has 0 aliphatic heterocycles. The Morgan fingerprint density at radius 2 is 2.09 bits per heavy atom. The SMILES string of the molecule is CNC(=O)[C@H](Cc1ccccn1)n1cc(C(=O)O)ccc1=O. The van der Waals surface area contributed by atoms with Crippen molar-refractivity contribution in [1.82, 2.24) is 14.9 Å². The zero-order valence-corrected chi connectivity index (χ0v) is 11.9. The molecule has 0 aromatic carbocycles. The van der Waals surface area contributed by atoms with Gasteiger partial charge in [-0.25, -0.2) is 4.79 Å². The molecule has 1 atom stereocenters. The zero-order valence-electron chi connectivity index (χ0n) is 11.9. The Hall–Kier alpha value is -2.96. The van der Waals surface area contributed by atoms with Crippen LogP contribution < -0.4 is 10.9 Å². The number of hydrogen-bond acceptors (Lipinski definition) is 4. The van der Waals surface area contributed by atoms with Gasteiger partial charge in [0.15, 0.2) is 0 Å². The minimum Gasteiger partial charge on any atom is -0.478 e. The van der Waals surface area contributed by atoms with Crippen LogP contribution in [0.5, 0.6) is 0 Å². The van der Waals surface area contributed by atoms with Crippen LogP contribution in [0.25, 0.3) is 0 Å². The van der Waals surface area contributed by atoms with Crippen molar-refractivity contribution in [2.24, 2.45) is 0 Å². The van der Waals surface area contributed by atoms with Crippen LogP contribution in [0.4, 0.5) is 0 Å². The lowest BCUT2D eigenvalue weighted by atomic mass is 10.1. The summed E-state index contributed by atoms with van der Waals surface area (Å²) in [5.74, 6) is -1.56. The quantitative estimate of drug-likeness (QED) is 0.836. The number of carboxylic acids is 1. The fourth-order valence-electron chi connectivity index (χ4n) is 2.07. The van der Waals surface area contributed by atoms with Gasteiger partial charge in [0.2, 0.25) is 5.91 Å². The molecule has 7 heteroatoms. The first-order valence-corrected chi connectivity index (χ1v) is 6.60. The van der Waals surface area contributed by atoms with Crippen molar-refractivity contribution in [2.45, 2.75) is 12.5 Å². The summed E-state index contributed by atoms with van der Waals surface area (Å²) in [5, 5.41) is 11.5. The summed E-state index contributed by atoms with van der Waals surface area (Å²) >= 11 is 0. The molecule has 0 aliphatic carbocycles. The van der Waals surface area contributed by atoms with Gasteiger partial charge in [0.25, 0.3) is 5.56 Å². The molecule has 0 radical (unpaired) electrons. The molecule has 22 heavy (non-hydrogen) atoms. The van der Waals surface area contributed by atoms with Crippen LogP contribution in [-0.2, 0) is 11.2 Å². The summed E-state index contributed by atoms with van der Waals surface area (Å²) in [5.41, 5.74) is 0.118. The van der Waals surface area contributed by atoms with Crippen LogP contribution in [0.1, 0.15) is 22.1 Å². The highest BCUT2D eigenvalue weighted by atomic mass is 16.4. The standard InChI is InChI=1S/C15H15N3O4/c1-16-14(20)12(8-11-4-2-3-7-17-11)18-9-10(15(21)22)5-6-13(18)19/h2-7,9,12H,8H2,1H3,(H,16,20)(H,21,22)/t12-/m0/s1. The number of likely N-dealkylation sites (N-methyl/N-ethyl adjacent to an activating group) is 1. The van der Waals surface area contributed by atoms with Gasteiger partial charge in [0, 0.05) is 37.6 Å². The average Bonchev–Trinajstić information content (AvgIpc) is 2.53. The minimum atomic E-state index is -1.16. The first kappa shape index (κ1) is 15.4. The van der Waals surface area contributed by atoms with Gasteiger partial charge in [0.1, 0.15) is 6.04 Å². The van der Waals surface area contributed by atoms with Crippen molar-refractivity contribution in [2.75, 3.05) is 7.05 Å². The minimum absolute atomic E-state index is 0.0606. The highest BCUT2D eigenvalue weighted by Gasteiger charge is 2.22. The lowest BCUT2D eigenvalue weighted by molar-refractivity contribution is -0.123. The molecular formula is C15H15N3O4. The third-order valence-electron chi connectivity index (χ3n) is 3.20. The molecule has 2 rings (SSSR count). The van der Waals surface area contributed by atoms with Gasteiger partial charge < -0.3 is 15.0 Å². The number of aromatic nitrogens is 2. The number of nitrogens with zero attached hydrogens (tertiary/aromatic N) is 2. The fraction of sp³-hybridized carbons (Fsp3) is 0.200. The number of amides is 1. The smallest absolute Gasteiger partial charge is 0.337 e. The summed E-state index contributed by atoms with van der Waals surface area (Å²) in [6.07, 6.45) is 2.95. The zero-order chi connectivity index (χ0) is 16.1. The van der Waals surface area contributed by atoms with E-state index in [-0.39, 0.29) is 12.0 Å². The van der Waals surface area contributed by atoms with Crippen molar-refractivity contribution >= 4 is 11.9 Å². The predicted octanol–water partition coefficient (Wildman–Crippen LogP) is 0.471. The van der Waals surface area contributed by atoms with Crippen molar-refractivity contribution in [3.63, 3.8) is 0 Å². The molecule has 2 aromatic rings. The third kappa shape index (κ3) is 3.38. The van der Waals surface area contributed by atoms with Crippen LogP contribution in [0.15, 0.2) is 47.5 Å². The summed E-state index contributed by atoms with van der Waals surface area (Å²) in [7, 11) is 1.46. The lowest BCUT2D eigenvalue weighted by Gasteiger charge is -2.18. The lowest BCUT2D eigenvalue weighted by Crippen LogP contribution is -2.37. The van der Waals surface area contributed by atoms with Crippen molar-refractivity contribution in [3.05, 3.63) is 64.3 Å². The number of carbonyl (C=O) groups is 2. The molecule has 2 heterocycles. The summed E-state index contributed by atoms with van der Waals surface area (Å²) in [6, 6.07) is 6.74. The molecule has 0 bridgehead atoms. The van der Waals surface area contributed by atoms with E-state index in [9.17, 15) is 14.4 Å². The molecule has 2 aromatic heterocycles. The van der Waals surface area contributed by atoms with E-state index in [2.05, 4.69) is 10.3 Å². The number of rotatable bonds is 5. The number of nitrogens with one attached hydrogen (secondary N) is 1. The van der Waals surface area contributed by atoms with Crippen LogP contribution in [0.2, 0.25) is 0 Å². The Bertz CT molecular complexity index is 740. The Labute approximate surface area is 126 Å². The van der Waals surface area contributed by atoms with Gasteiger partial charge in [-0.15, -0.1) is 0 Å². The molecule has 0 saturated heterocycles. The normalized spacial score (nSPS) is 11.7. The van der Waals surface area contributed by atoms with E-state index in [0.29, 0.717) is 5.69 Å². The molecule has 0 saturated carbocycles. The first-order valence-electron chi connectivity index (χ1n) is 6.60. The van der Waals surface area contributed by atoms with E-state index in [1.807, 2.05) is 0 Å². The van der Waals surface area contributed by atoms with E-state index in [4.69, 9.17) is 5.11 Å². The number of aromatic carboxylic acids is 1. The van der Waals surface area contributed by atoms with Crippen LogP contribution in [0.3, 0.4) is 0 Å². The molecule has 0 aliphatic rings. The summed E-state index contributed by atoms with van der Waals surface area (Å²) < 4.78 is 1.12. The predicted molar refractivity (Wildman–Crippen MR) is 78.7 cm³/mol. The van der Waals surface area contributed by atoms with E-state index in [1.54, 1.807) is 24.4 Å². The second kappa shape index (κ2) is 6.66. The molecule has 0 unspecified atom stereocenters. The topological polar surface area (TPSA) is 101 Å². The van der Waals surface area contributed by atoms with Crippen molar-refractivity contribution < 1.29 is 14.7 Å². The molecular weight excluding hydrogens is 286 g/mol. The maximum atomic E-state index is 12.1. The van der Waals surface area contributed by atoms with Crippen molar-refractivity contribution in [3.8, 4) is 0 Å². The Morgan fingerprint density at radius 3 is 2.68 bits per heavy atom. The van der Waals surface area contributed by atoms with Gasteiger partial charge in [0.05, 0.1) is 5.56 Å². The van der Waals surface area contributed by atoms with Crippen molar-refractivity contribution in [1.29, 1.82) is 0 Å². The Morgan fingerprint density at radius 1 is 1.32 bits per heavy atom. The van der Waals surface area contributed by atoms with Gasteiger partial charge >= 0.3 is 5.97 Å². The molecule has 0 fully saturated rings. The second-order valence-electron chi connectivity index (χ2n) is 4.62. The average molecular weight is 301 g/mol. The van der Waals surface area contributed by atoms with Gasteiger partial charge in [-0.1, -0.05) is 6.07 Å². The first-order chi connectivity index (χ1) is 10.5. The number of carboxylic acid groups (broad SMARTS) is 1. The van der Waals surface area contributed by atoms with E-state index in [0.717, 1.165) is 10.6 Å². The summed E-state index contributed by atoms with van der Waals surface area (Å²) in [6.45, 7) is 0. The van der Waals surface area contributed by atoms with E-state index < -0.39 is 23.5 Å². The number of pyridine rings is 2.